The number of nitrogen functional groups attached to an aromatic ring is 2. The van der Waals surface area contributed by atoms with E-state index in [-0.39, 0.29) is 38.5 Å². The molecule has 1 aromatic heterocycles. The normalized spacial score (nSPS) is 16.1. The number of rotatable bonds is 10. The molecule has 1 aliphatic heterocycles. The van der Waals surface area contributed by atoms with Crippen molar-refractivity contribution >= 4 is 61.7 Å². The van der Waals surface area contributed by atoms with Gasteiger partial charge in [0.15, 0.2) is 17.5 Å². The second kappa shape index (κ2) is 10.2. The average Bonchev–Trinajstić information content (AvgIpc) is 3.09. The summed E-state index contributed by atoms with van der Waals surface area (Å²) in [6.07, 6.45) is 0. The SMILES string of the molecule is N=C(N)c1ccc(OCCO/N=C(\C(=O)N[C@H]2CN(S(=O)(=O)O)C2=O)c2nc(N)sc2Cl)cc1. The molecule has 0 bridgehead atoms. The number of benzene rings is 1. The number of amides is 2. The van der Waals surface area contributed by atoms with Crippen LogP contribution in [-0.4, -0.2) is 71.4 Å². The molecule has 1 aromatic carbocycles. The van der Waals surface area contributed by atoms with Crippen molar-refractivity contribution < 1.29 is 32.1 Å². The summed E-state index contributed by atoms with van der Waals surface area (Å²) in [5, 5.41) is 13.4. The Morgan fingerprint density at radius 1 is 1.38 bits per heavy atom. The van der Waals surface area contributed by atoms with Gasteiger partial charge >= 0.3 is 10.3 Å². The summed E-state index contributed by atoms with van der Waals surface area (Å²) < 4.78 is 36.7. The Morgan fingerprint density at radius 3 is 2.59 bits per heavy atom. The zero-order valence-electron chi connectivity index (χ0n) is 17.1. The quantitative estimate of drug-likeness (QED) is 0.0665. The molecule has 182 valence electrons. The maximum atomic E-state index is 12.7. The molecule has 1 atom stereocenters. The molecular formula is C17H18ClN7O7S2. The molecule has 17 heteroatoms. The molecule has 2 aromatic rings. The lowest BCUT2D eigenvalue weighted by Gasteiger charge is -2.35. The Balaban J connectivity index is 1.63. The molecule has 1 aliphatic rings. The monoisotopic (exact) mass is 531 g/mol. The zero-order chi connectivity index (χ0) is 25.0. The van der Waals surface area contributed by atoms with Crippen LogP contribution in [0.3, 0.4) is 0 Å². The second-order valence-electron chi connectivity index (χ2n) is 6.61. The van der Waals surface area contributed by atoms with Gasteiger partial charge in [-0.15, -0.1) is 0 Å². The van der Waals surface area contributed by atoms with Crippen molar-refractivity contribution in [2.75, 3.05) is 25.5 Å². The fraction of sp³-hybridized carbons (Fsp3) is 0.235. The number of thiazole rings is 1. The Morgan fingerprint density at radius 2 is 2.06 bits per heavy atom. The minimum Gasteiger partial charge on any atom is -0.490 e. The third-order valence-electron chi connectivity index (χ3n) is 4.28. The van der Waals surface area contributed by atoms with Crippen molar-refractivity contribution in [3.8, 4) is 5.75 Å². The number of anilines is 1. The largest absolute Gasteiger partial charge is 0.490 e. The van der Waals surface area contributed by atoms with Crippen LogP contribution >= 0.6 is 22.9 Å². The summed E-state index contributed by atoms with van der Waals surface area (Å²) in [5.41, 5.74) is 11.0. The summed E-state index contributed by atoms with van der Waals surface area (Å²) in [5.74, 6) is -1.55. The molecule has 0 aliphatic carbocycles. The summed E-state index contributed by atoms with van der Waals surface area (Å²) in [4.78, 5) is 33.6. The molecule has 0 radical (unpaired) electrons. The first-order valence-electron chi connectivity index (χ1n) is 9.26. The number of halogens is 1. The standard InChI is InChI=1S/C17H18ClN7O7S2/c18-13-11(23-17(21)33-13)12(15(26)22-10-7-25(16(10)27)34(28,29)30)24-32-6-5-31-9-3-1-8(2-4-9)14(19)20/h1-4,10H,5-7H2,(H3,19,20)(H2,21,23)(H,22,26)(H,28,29,30)/b24-12-/t10-/m0/s1. The number of nitrogens with zero attached hydrogens (tertiary/aromatic N) is 3. The molecule has 1 saturated heterocycles. The minimum absolute atomic E-state index is 0.0369. The van der Waals surface area contributed by atoms with Gasteiger partial charge in [0, 0.05) is 5.56 Å². The van der Waals surface area contributed by atoms with E-state index in [1.54, 1.807) is 24.3 Å². The lowest BCUT2D eigenvalue weighted by atomic mass is 10.1. The summed E-state index contributed by atoms with van der Waals surface area (Å²) in [6, 6.07) is 5.23. The number of carbonyl (C=O) groups is 2. The van der Waals surface area contributed by atoms with E-state index in [4.69, 9.17) is 42.6 Å². The van der Waals surface area contributed by atoms with Gasteiger partial charge in [0.2, 0.25) is 0 Å². The van der Waals surface area contributed by atoms with Crippen LogP contribution in [0.5, 0.6) is 5.75 Å². The van der Waals surface area contributed by atoms with Gasteiger partial charge in [-0.05, 0) is 24.3 Å². The molecular weight excluding hydrogens is 514 g/mol. The van der Waals surface area contributed by atoms with Crippen molar-refractivity contribution in [1.82, 2.24) is 14.6 Å². The number of nitrogens with one attached hydrogen (secondary N) is 2. The van der Waals surface area contributed by atoms with E-state index in [1.165, 1.54) is 0 Å². The minimum atomic E-state index is -4.71. The van der Waals surface area contributed by atoms with Gasteiger partial charge in [0.05, 0.1) is 6.54 Å². The van der Waals surface area contributed by atoms with Gasteiger partial charge in [-0.3, -0.25) is 19.6 Å². The number of carbonyl (C=O) groups excluding carboxylic acids is 2. The molecule has 0 saturated carbocycles. The molecule has 2 amide bonds. The molecule has 7 N–H and O–H groups in total. The van der Waals surface area contributed by atoms with Crippen LogP contribution in [0.25, 0.3) is 0 Å². The molecule has 14 nitrogen and oxygen atoms in total. The first kappa shape index (κ1) is 25.2. The summed E-state index contributed by atoms with van der Waals surface area (Å²) in [6.45, 7) is -0.517. The third-order valence-corrected chi connectivity index (χ3v) is 6.25. The molecule has 34 heavy (non-hydrogen) atoms. The molecule has 3 rings (SSSR count). The number of β-lactam (4-membered cyclic amide) rings is 1. The zero-order valence-corrected chi connectivity index (χ0v) is 19.5. The van der Waals surface area contributed by atoms with Crippen LogP contribution in [0.15, 0.2) is 29.4 Å². The number of hydrogen-bond acceptors (Lipinski definition) is 11. The smallest absolute Gasteiger partial charge is 0.362 e. The van der Waals surface area contributed by atoms with Gasteiger partial charge < -0.3 is 26.4 Å². The van der Waals surface area contributed by atoms with Crippen molar-refractivity contribution in [2.45, 2.75) is 6.04 Å². The van der Waals surface area contributed by atoms with E-state index >= 15 is 0 Å². The highest BCUT2D eigenvalue weighted by molar-refractivity contribution is 7.84. The summed E-state index contributed by atoms with van der Waals surface area (Å²) >= 11 is 6.94. The lowest BCUT2D eigenvalue weighted by molar-refractivity contribution is -0.139. The van der Waals surface area contributed by atoms with Gasteiger partial charge in [0.25, 0.3) is 11.8 Å². The van der Waals surface area contributed by atoms with Crippen molar-refractivity contribution in [1.29, 1.82) is 5.41 Å². The highest BCUT2D eigenvalue weighted by Crippen LogP contribution is 2.27. The number of hydrogen-bond donors (Lipinski definition) is 5. The predicted molar refractivity (Wildman–Crippen MR) is 122 cm³/mol. The fourth-order valence-electron chi connectivity index (χ4n) is 2.63. The van der Waals surface area contributed by atoms with Gasteiger partial charge in [0.1, 0.15) is 34.3 Å². The Bertz CT molecular complexity index is 1250. The van der Waals surface area contributed by atoms with E-state index in [9.17, 15) is 18.0 Å². The van der Waals surface area contributed by atoms with Crippen molar-refractivity contribution in [2.24, 2.45) is 10.9 Å². The van der Waals surface area contributed by atoms with Crippen molar-refractivity contribution in [3.05, 3.63) is 39.9 Å². The van der Waals surface area contributed by atoms with E-state index in [0.29, 0.717) is 11.3 Å². The summed E-state index contributed by atoms with van der Waals surface area (Å²) in [7, 11) is -4.71. The number of amidine groups is 1. The first-order valence-corrected chi connectivity index (χ1v) is 11.9. The highest BCUT2D eigenvalue weighted by Gasteiger charge is 2.45. The van der Waals surface area contributed by atoms with Gasteiger partial charge in [-0.2, -0.15) is 8.42 Å². The van der Waals surface area contributed by atoms with Crippen LogP contribution in [0.2, 0.25) is 4.34 Å². The number of nitrogens with two attached hydrogens (primary N) is 2. The molecule has 0 spiro atoms. The molecule has 0 unspecified atom stereocenters. The lowest BCUT2D eigenvalue weighted by Crippen LogP contribution is -2.65. The molecule has 2 heterocycles. The average molecular weight is 532 g/mol. The van der Waals surface area contributed by atoms with Gasteiger partial charge in [-0.1, -0.05) is 28.1 Å². The van der Waals surface area contributed by atoms with Crippen LogP contribution in [-0.2, 0) is 24.7 Å². The number of ether oxygens (including phenoxy) is 1. The fourth-order valence-corrected chi connectivity index (χ4v) is 4.25. The van der Waals surface area contributed by atoms with Gasteiger partial charge in [-0.25, -0.2) is 9.29 Å². The van der Waals surface area contributed by atoms with Crippen molar-refractivity contribution in [3.63, 3.8) is 0 Å². The van der Waals surface area contributed by atoms with E-state index in [1.807, 2.05) is 0 Å². The Kier molecular flexibility index (Phi) is 7.55. The molecule has 1 fully saturated rings. The third kappa shape index (κ3) is 5.90. The van der Waals surface area contributed by atoms with Crippen LogP contribution < -0.4 is 21.5 Å². The topological polar surface area (TPSA) is 223 Å². The van der Waals surface area contributed by atoms with E-state index < -0.39 is 40.4 Å². The predicted octanol–water partition coefficient (Wildman–Crippen LogP) is -0.408. The number of oxime groups is 1. The maximum Gasteiger partial charge on any atom is 0.362 e. The second-order valence-corrected chi connectivity index (χ2v) is 9.58. The number of aromatic nitrogens is 1. The van der Waals surface area contributed by atoms with E-state index in [2.05, 4.69) is 15.5 Å². The van der Waals surface area contributed by atoms with Crippen LogP contribution in [0.1, 0.15) is 11.3 Å². The Hall–Kier alpha value is -3.47. The Labute approximate surface area is 201 Å². The van der Waals surface area contributed by atoms with E-state index in [0.717, 1.165) is 11.3 Å². The van der Waals surface area contributed by atoms with Crippen LogP contribution in [0, 0.1) is 5.41 Å². The maximum absolute atomic E-state index is 12.7. The highest BCUT2D eigenvalue weighted by atomic mass is 35.5. The first-order chi connectivity index (χ1) is 16.0. The van der Waals surface area contributed by atoms with Crippen LogP contribution in [0.4, 0.5) is 5.13 Å².